The molecule has 0 saturated carbocycles. The molecule has 0 radical (unpaired) electrons. The summed E-state index contributed by atoms with van der Waals surface area (Å²) in [7, 11) is 1.79. The normalized spacial score (nSPS) is 12.2. The Hall–Kier alpha value is -1.60. The Morgan fingerprint density at radius 1 is 1.04 bits per heavy atom. The molecule has 0 bridgehead atoms. The Balaban J connectivity index is 0.00000312. The van der Waals surface area contributed by atoms with E-state index in [0.717, 1.165) is 12.6 Å². The molecule has 5 heteroatoms. The highest BCUT2D eigenvalue weighted by Crippen LogP contribution is 2.12. The van der Waals surface area contributed by atoms with Crippen molar-refractivity contribution in [3.63, 3.8) is 0 Å². The third-order valence-electron chi connectivity index (χ3n) is 3.90. The third kappa shape index (κ3) is 7.04. The van der Waals surface area contributed by atoms with Crippen molar-refractivity contribution < 1.29 is 4.74 Å². The summed E-state index contributed by atoms with van der Waals surface area (Å²) in [6.45, 7) is 6.22. The summed E-state index contributed by atoms with van der Waals surface area (Å²) in [6, 6.07) is 18.9. The highest BCUT2D eigenvalue weighted by molar-refractivity contribution is 14.0. The van der Waals surface area contributed by atoms with E-state index in [4.69, 9.17) is 4.74 Å². The molecule has 1 unspecified atom stereocenters. The van der Waals surface area contributed by atoms with Crippen LogP contribution >= 0.6 is 24.0 Å². The van der Waals surface area contributed by atoms with Crippen LogP contribution < -0.4 is 10.6 Å². The lowest BCUT2D eigenvalue weighted by atomic mass is 10.1. The van der Waals surface area contributed by atoms with Crippen LogP contribution in [0.25, 0.3) is 0 Å². The molecular formula is C20H28IN3O. The van der Waals surface area contributed by atoms with E-state index in [1.165, 1.54) is 16.7 Å². The van der Waals surface area contributed by atoms with Crippen LogP contribution in [0.5, 0.6) is 0 Å². The first-order valence-electron chi connectivity index (χ1n) is 8.41. The maximum Gasteiger partial charge on any atom is 0.191 e. The smallest absolute Gasteiger partial charge is 0.191 e. The first kappa shape index (κ1) is 21.4. The standard InChI is InChI=1S/C20H27N3O.HI/c1-4-24-15-19-13-9-8-12-18(19)14-22-20(21-3)23-16(2)17-10-6-5-7-11-17;/h5-13,16H,4,14-15H2,1-3H3,(H2,21,22,23);1H. The Labute approximate surface area is 168 Å². The van der Waals surface area contributed by atoms with E-state index in [1.54, 1.807) is 7.05 Å². The first-order chi connectivity index (χ1) is 11.7. The van der Waals surface area contributed by atoms with Gasteiger partial charge in [-0.1, -0.05) is 54.6 Å². The molecule has 0 heterocycles. The second kappa shape index (κ2) is 11.9. The molecule has 0 saturated heterocycles. The van der Waals surface area contributed by atoms with E-state index in [9.17, 15) is 0 Å². The third-order valence-corrected chi connectivity index (χ3v) is 3.90. The van der Waals surface area contributed by atoms with Gasteiger partial charge in [0.1, 0.15) is 0 Å². The van der Waals surface area contributed by atoms with E-state index in [-0.39, 0.29) is 30.0 Å². The van der Waals surface area contributed by atoms with Gasteiger partial charge in [-0.15, -0.1) is 24.0 Å². The predicted molar refractivity (Wildman–Crippen MR) is 115 cm³/mol. The zero-order valence-corrected chi connectivity index (χ0v) is 17.5. The quantitative estimate of drug-likeness (QED) is 0.374. The van der Waals surface area contributed by atoms with Gasteiger partial charge in [0.15, 0.2) is 5.96 Å². The Bertz CT molecular complexity index is 646. The Morgan fingerprint density at radius 2 is 1.68 bits per heavy atom. The highest BCUT2D eigenvalue weighted by atomic mass is 127. The van der Waals surface area contributed by atoms with Gasteiger partial charge in [0, 0.05) is 20.2 Å². The van der Waals surface area contributed by atoms with Crippen molar-refractivity contribution in [2.75, 3.05) is 13.7 Å². The fourth-order valence-corrected chi connectivity index (χ4v) is 2.49. The van der Waals surface area contributed by atoms with Crippen molar-refractivity contribution >= 4 is 29.9 Å². The van der Waals surface area contributed by atoms with E-state index >= 15 is 0 Å². The fourth-order valence-electron chi connectivity index (χ4n) is 2.49. The number of ether oxygens (including phenoxy) is 1. The summed E-state index contributed by atoms with van der Waals surface area (Å²) in [5, 5.41) is 6.81. The van der Waals surface area contributed by atoms with E-state index in [1.807, 2.05) is 31.2 Å². The van der Waals surface area contributed by atoms with E-state index < -0.39 is 0 Å². The fraction of sp³-hybridized carbons (Fsp3) is 0.350. The van der Waals surface area contributed by atoms with Crippen LogP contribution in [-0.4, -0.2) is 19.6 Å². The molecule has 25 heavy (non-hydrogen) atoms. The van der Waals surface area contributed by atoms with E-state index in [2.05, 4.69) is 52.9 Å². The van der Waals surface area contributed by atoms with Crippen molar-refractivity contribution in [1.29, 1.82) is 0 Å². The number of rotatable bonds is 7. The summed E-state index contributed by atoms with van der Waals surface area (Å²) >= 11 is 0. The van der Waals surface area contributed by atoms with Gasteiger partial charge in [0.05, 0.1) is 12.6 Å². The molecule has 2 aromatic carbocycles. The Morgan fingerprint density at radius 3 is 2.32 bits per heavy atom. The molecule has 0 spiro atoms. The lowest BCUT2D eigenvalue weighted by molar-refractivity contribution is 0.133. The maximum absolute atomic E-state index is 5.54. The van der Waals surface area contributed by atoms with E-state index in [0.29, 0.717) is 13.2 Å². The summed E-state index contributed by atoms with van der Waals surface area (Å²) in [6.07, 6.45) is 0. The minimum absolute atomic E-state index is 0. The van der Waals surface area contributed by atoms with Crippen LogP contribution in [0.4, 0.5) is 0 Å². The average Bonchev–Trinajstić information content (AvgIpc) is 2.64. The maximum atomic E-state index is 5.54. The van der Waals surface area contributed by atoms with Gasteiger partial charge in [0.2, 0.25) is 0 Å². The van der Waals surface area contributed by atoms with Gasteiger partial charge in [-0.05, 0) is 30.5 Å². The van der Waals surface area contributed by atoms with Crippen molar-refractivity contribution in [2.45, 2.75) is 33.0 Å². The second-order valence-corrected chi connectivity index (χ2v) is 5.61. The number of nitrogens with zero attached hydrogens (tertiary/aromatic N) is 1. The molecule has 0 amide bonds. The number of halogens is 1. The number of aliphatic imine (C=N–C) groups is 1. The van der Waals surface area contributed by atoms with Crippen molar-refractivity contribution in [2.24, 2.45) is 4.99 Å². The molecular weight excluding hydrogens is 425 g/mol. The predicted octanol–water partition coefficient (Wildman–Crippen LogP) is 4.27. The molecule has 2 N–H and O–H groups in total. The molecule has 2 aromatic rings. The minimum Gasteiger partial charge on any atom is -0.377 e. The van der Waals surface area contributed by atoms with Crippen LogP contribution in [0.1, 0.15) is 36.6 Å². The van der Waals surface area contributed by atoms with Gasteiger partial charge in [-0.3, -0.25) is 4.99 Å². The lowest BCUT2D eigenvalue weighted by Crippen LogP contribution is -2.38. The van der Waals surface area contributed by atoms with Crippen molar-refractivity contribution in [3.05, 3.63) is 71.3 Å². The summed E-state index contributed by atoms with van der Waals surface area (Å²) in [5.41, 5.74) is 3.66. The van der Waals surface area contributed by atoms with Crippen LogP contribution in [0.15, 0.2) is 59.6 Å². The summed E-state index contributed by atoms with van der Waals surface area (Å²) in [5.74, 6) is 0.789. The molecule has 0 aliphatic heterocycles. The molecule has 2 rings (SSSR count). The van der Waals surface area contributed by atoms with Gasteiger partial charge in [-0.25, -0.2) is 0 Å². The van der Waals surface area contributed by atoms with Crippen LogP contribution in [-0.2, 0) is 17.9 Å². The largest absolute Gasteiger partial charge is 0.377 e. The number of nitrogens with one attached hydrogen (secondary N) is 2. The number of hydrogen-bond donors (Lipinski definition) is 2. The second-order valence-electron chi connectivity index (χ2n) is 5.61. The zero-order chi connectivity index (χ0) is 17.2. The molecule has 0 aliphatic rings. The number of guanidine groups is 1. The number of benzene rings is 2. The minimum atomic E-state index is 0. The van der Waals surface area contributed by atoms with Crippen LogP contribution in [0.3, 0.4) is 0 Å². The zero-order valence-electron chi connectivity index (χ0n) is 15.2. The van der Waals surface area contributed by atoms with Gasteiger partial charge in [-0.2, -0.15) is 0 Å². The summed E-state index contributed by atoms with van der Waals surface area (Å²) < 4.78 is 5.54. The number of hydrogen-bond acceptors (Lipinski definition) is 2. The topological polar surface area (TPSA) is 45.6 Å². The molecule has 0 fully saturated rings. The SMILES string of the molecule is CCOCc1ccccc1CNC(=NC)NC(C)c1ccccc1.I. The van der Waals surface area contributed by atoms with Gasteiger partial charge < -0.3 is 15.4 Å². The Kier molecular flexibility index (Phi) is 10.2. The van der Waals surface area contributed by atoms with Gasteiger partial charge >= 0.3 is 0 Å². The molecule has 0 aliphatic carbocycles. The van der Waals surface area contributed by atoms with Crippen LogP contribution in [0, 0.1) is 0 Å². The molecule has 136 valence electrons. The van der Waals surface area contributed by atoms with Crippen molar-refractivity contribution in [3.8, 4) is 0 Å². The first-order valence-corrected chi connectivity index (χ1v) is 8.41. The molecule has 0 aromatic heterocycles. The highest BCUT2D eigenvalue weighted by Gasteiger charge is 2.08. The monoisotopic (exact) mass is 453 g/mol. The average molecular weight is 453 g/mol. The lowest BCUT2D eigenvalue weighted by Gasteiger charge is -2.19. The van der Waals surface area contributed by atoms with Gasteiger partial charge in [0.25, 0.3) is 0 Å². The molecule has 1 atom stereocenters. The van der Waals surface area contributed by atoms with Crippen molar-refractivity contribution in [1.82, 2.24) is 10.6 Å². The molecule has 4 nitrogen and oxygen atoms in total. The van der Waals surface area contributed by atoms with Crippen LogP contribution in [0.2, 0.25) is 0 Å². The summed E-state index contributed by atoms with van der Waals surface area (Å²) in [4.78, 5) is 4.32.